The van der Waals surface area contributed by atoms with Gasteiger partial charge in [0.1, 0.15) is 23.7 Å². The summed E-state index contributed by atoms with van der Waals surface area (Å²) in [7, 11) is -2.73. The Bertz CT molecular complexity index is 780. The zero-order chi connectivity index (χ0) is 19.6. The van der Waals surface area contributed by atoms with Crippen molar-refractivity contribution in [3.8, 4) is 11.5 Å². The number of carbonyl (C=O) groups is 2. The Balaban J connectivity index is 2.47. The molecule has 0 saturated carbocycles. The van der Waals surface area contributed by atoms with E-state index in [2.05, 4.69) is 0 Å². The van der Waals surface area contributed by atoms with Crippen molar-refractivity contribution in [1.82, 2.24) is 0 Å². The van der Waals surface area contributed by atoms with Crippen molar-refractivity contribution in [3.63, 3.8) is 0 Å². The predicted molar refractivity (Wildman–Crippen MR) is 82.8 cm³/mol. The second-order valence-corrected chi connectivity index (χ2v) is 5.46. The Hall–Kier alpha value is -2.50. The first-order chi connectivity index (χ1) is 12.0. The summed E-state index contributed by atoms with van der Waals surface area (Å²) >= 11 is 0. The molecule has 2 rings (SSSR count). The van der Waals surface area contributed by atoms with Gasteiger partial charge >= 0.3 is 11.9 Å². The van der Waals surface area contributed by atoms with Gasteiger partial charge in [-0.25, -0.2) is 4.79 Å². The van der Waals surface area contributed by atoms with Crippen molar-refractivity contribution in [2.24, 2.45) is 0 Å². The fraction of sp³-hybridized carbons (Fsp3) is 0.412. The van der Waals surface area contributed by atoms with Gasteiger partial charge in [-0.3, -0.25) is 4.79 Å². The Morgan fingerprint density at radius 2 is 2.22 bits per heavy atom. The highest BCUT2D eigenvalue weighted by Crippen LogP contribution is 2.41. The summed E-state index contributed by atoms with van der Waals surface area (Å²) in [6.45, 7) is 3.28. The van der Waals surface area contributed by atoms with E-state index in [-0.39, 0.29) is 42.1 Å². The number of fused-ring (bicyclic) bond motifs is 1. The molecule has 6 nitrogen and oxygen atoms in total. The summed E-state index contributed by atoms with van der Waals surface area (Å²) in [6.07, 6.45) is 2.04. The van der Waals surface area contributed by atoms with E-state index in [0.29, 0.717) is 17.5 Å². The monoisotopic (exact) mass is 324 g/mol. The van der Waals surface area contributed by atoms with Gasteiger partial charge in [0.25, 0.3) is 0 Å². The minimum Gasteiger partial charge on any atom is -0.507 e. The van der Waals surface area contributed by atoms with Crippen molar-refractivity contribution < 1.29 is 33.4 Å². The van der Waals surface area contributed by atoms with Crippen LogP contribution in [-0.2, 0) is 22.6 Å². The van der Waals surface area contributed by atoms with Gasteiger partial charge < -0.3 is 19.7 Å². The van der Waals surface area contributed by atoms with Crippen LogP contribution in [0.3, 0.4) is 0 Å². The molecule has 0 fully saturated rings. The van der Waals surface area contributed by atoms with Crippen molar-refractivity contribution in [1.29, 1.82) is 0 Å². The number of ether oxygens (including phenoxy) is 2. The third-order valence-electron chi connectivity index (χ3n) is 3.93. The molecule has 0 amide bonds. The number of phenolic OH excluding ortho intramolecular Hbond substituents is 1. The van der Waals surface area contributed by atoms with Gasteiger partial charge in [0.2, 0.25) is 0 Å². The number of allylic oxidation sites excluding steroid dienone is 2. The number of rotatable bonds is 6. The Kier molecular flexibility index (Phi) is 3.80. The highest BCUT2D eigenvalue weighted by Gasteiger charge is 2.31. The van der Waals surface area contributed by atoms with Gasteiger partial charge in [-0.05, 0) is 32.3 Å². The molecule has 23 heavy (non-hydrogen) atoms. The van der Waals surface area contributed by atoms with E-state index in [4.69, 9.17) is 18.7 Å². The zero-order valence-corrected chi connectivity index (χ0v) is 12.9. The van der Waals surface area contributed by atoms with Gasteiger partial charge in [0.05, 0.1) is 11.2 Å². The van der Waals surface area contributed by atoms with Gasteiger partial charge in [0, 0.05) is 17.5 Å². The maximum absolute atomic E-state index is 11.9. The summed E-state index contributed by atoms with van der Waals surface area (Å²) < 4.78 is 32.1. The first-order valence-corrected chi connectivity index (χ1v) is 7.12. The van der Waals surface area contributed by atoms with E-state index in [1.807, 2.05) is 0 Å². The number of benzene rings is 1. The fourth-order valence-electron chi connectivity index (χ4n) is 2.57. The van der Waals surface area contributed by atoms with Gasteiger partial charge in [-0.2, -0.15) is 0 Å². The first kappa shape index (κ1) is 13.0. The molecular formula is C17H20O6. The molecule has 0 spiro atoms. The number of aliphatic carboxylic acids is 1. The van der Waals surface area contributed by atoms with Crippen LogP contribution in [0.5, 0.6) is 11.5 Å². The molecule has 0 aliphatic carbocycles. The average Bonchev–Trinajstić information content (AvgIpc) is 2.91. The number of methoxy groups -OCH3 is 1. The summed E-state index contributed by atoms with van der Waals surface area (Å²) in [6, 6.07) is 0. The minimum absolute atomic E-state index is 0.0122. The number of hydrogen-bond donors (Lipinski definition) is 2. The largest absolute Gasteiger partial charge is 0.507 e. The smallest absolute Gasteiger partial charge is 0.342 e. The molecule has 1 aliphatic heterocycles. The van der Waals surface area contributed by atoms with E-state index in [1.54, 1.807) is 19.9 Å². The molecule has 0 radical (unpaired) electrons. The fourth-order valence-corrected chi connectivity index (χ4v) is 2.57. The van der Waals surface area contributed by atoms with Crippen LogP contribution in [-0.4, -0.2) is 29.2 Å². The molecule has 1 aromatic carbocycles. The second-order valence-electron chi connectivity index (χ2n) is 5.46. The molecule has 0 unspecified atom stereocenters. The molecule has 124 valence electrons. The van der Waals surface area contributed by atoms with Crippen LogP contribution >= 0.6 is 0 Å². The highest BCUT2D eigenvalue weighted by atomic mass is 16.5. The number of aromatic hydroxyl groups is 1. The summed E-state index contributed by atoms with van der Waals surface area (Å²) in [5.41, 5.74) is 1.76. The lowest BCUT2D eigenvalue weighted by Crippen LogP contribution is -2.03. The molecule has 1 aliphatic rings. The molecule has 6 heteroatoms. The molecular weight excluding hydrogens is 301 g/mol. The van der Waals surface area contributed by atoms with Crippen LogP contribution in [0.1, 0.15) is 50.9 Å². The third kappa shape index (κ3) is 3.31. The zero-order valence-electron chi connectivity index (χ0n) is 15.9. The number of carboxylic acid groups (broad SMARTS) is 1. The van der Waals surface area contributed by atoms with E-state index < -0.39 is 19.0 Å². The molecule has 0 bridgehead atoms. The van der Waals surface area contributed by atoms with E-state index in [9.17, 15) is 14.7 Å². The Morgan fingerprint density at radius 3 is 2.87 bits per heavy atom. The molecule has 0 aromatic heterocycles. The first-order valence-electron chi connectivity index (χ1n) is 8.62. The van der Waals surface area contributed by atoms with Gasteiger partial charge in [-0.15, -0.1) is 0 Å². The maximum atomic E-state index is 11.9. The number of phenols is 1. The molecule has 1 aromatic rings. The van der Waals surface area contributed by atoms with E-state index in [1.165, 1.54) is 0 Å². The average molecular weight is 324 g/mol. The molecule has 0 atom stereocenters. The summed E-state index contributed by atoms with van der Waals surface area (Å²) in [5.74, 6) is -1.98. The quantitative estimate of drug-likeness (QED) is 0.475. The molecule has 2 N–H and O–H groups in total. The van der Waals surface area contributed by atoms with Crippen LogP contribution in [0.15, 0.2) is 11.6 Å². The number of esters is 1. The Morgan fingerprint density at radius 1 is 1.48 bits per heavy atom. The summed E-state index contributed by atoms with van der Waals surface area (Å²) in [5, 5.41) is 19.3. The topological polar surface area (TPSA) is 93.1 Å². The van der Waals surface area contributed by atoms with Gasteiger partial charge in [0.15, 0.2) is 0 Å². The van der Waals surface area contributed by atoms with E-state index >= 15 is 0 Å². The van der Waals surface area contributed by atoms with Crippen molar-refractivity contribution in [3.05, 3.63) is 33.9 Å². The minimum atomic E-state index is -2.73. The summed E-state index contributed by atoms with van der Waals surface area (Å²) in [4.78, 5) is 22.5. The molecule has 1 heterocycles. The molecule has 0 saturated heterocycles. The van der Waals surface area contributed by atoms with Crippen molar-refractivity contribution in [2.45, 2.75) is 39.7 Å². The van der Waals surface area contributed by atoms with Crippen LogP contribution in [0.25, 0.3) is 0 Å². The number of carboxylic acids is 1. The van der Waals surface area contributed by atoms with Crippen molar-refractivity contribution >= 4 is 11.9 Å². The standard InChI is InChI=1S/C17H20O6/c1-9(5-7-13(18)19)4-6-11-15(20)14-12(8-23-17(14)21)10(2)16(11)22-3/h4,20H,5-8H2,1-3H3,(H,18,19)/i3+1D3. The van der Waals surface area contributed by atoms with Crippen molar-refractivity contribution in [2.75, 3.05) is 7.04 Å². The SMILES string of the molecule is [2H][13C]([2H])([2H])Oc1c(C)c2c(c(O)c1CC=C(C)CCC(=O)O)C(=O)OC2. The van der Waals surface area contributed by atoms with Crippen LogP contribution < -0.4 is 4.74 Å². The highest BCUT2D eigenvalue weighted by molar-refractivity contribution is 5.98. The lowest BCUT2D eigenvalue weighted by Gasteiger charge is -2.15. The number of carbonyl (C=O) groups excluding carboxylic acids is 1. The van der Waals surface area contributed by atoms with E-state index in [0.717, 1.165) is 5.57 Å². The normalized spacial score (nSPS) is 16.2. The lowest BCUT2D eigenvalue weighted by atomic mass is 9.95. The number of cyclic esters (lactones) is 1. The van der Waals surface area contributed by atoms with Crippen LogP contribution in [0.2, 0.25) is 0 Å². The number of hydrogen-bond acceptors (Lipinski definition) is 5. The maximum Gasteiger partial charge on any atom is 0.342 e. The van der Waals surface area contributed by atoms with Crippen LogP contribution in [0, 0.1) is 6.92 Å². The second kappa shape index (κ2) is 6.73. The van der Waals surface area contributed by atoms with Gasteiger partial charge in [-0.1, -0.05) is 11.6 Å². The third-order valence-corrected chi connectivity index (χ3v) is 3.93. The lowest BCUT2D eigenvalue weighted by molar-refractivity contribution is -0.136. The Labute approximate surface area is 138 Å². The van der Waals surface area contributed by atoms with Crippen LogP contribution in [0.4, 0.5) is 0 Å². The predicted octanol–water partition coefficient (Wildman–Crippen LogP) is 2.73.